The van der Waals surface area contributed by atoms with E-state index in [0.717, 1.165) is 32.5 Å². The van der Waals surface area contributed by atoms with Crippen molar-refractivity contribution >= 4 is 23.3 Å². The third kappa shape index (κ3) is 3.38. The second-order valence-corrected chi connectivity index (χ2v) is 5.46. The van der Waals surface area contributed by atoms with E-state index in [1.165, 1.54) is 0 Å². The topological polar surface area (TPSA) is 45.2 Å². The lowest BCUT2D eigenvalue weighted by atomic mass is 9.99. The number of anilines is 1. The number of hydrogen-bond acceptors (Lipinski definition) is 3. The van der Waals surface area contributed by atoms with Crippen molar-refractivity contribution in [3.05, 3.63) is 22.8 Å². The molecule has 1 aromatic rings. The highest BCUT2D eigenvalue weighted by atomic mass is 35.5. The van der Waals surface area contributed by atoms with Crippen LogP contribution in [0.2, 0.25) is 5.02 Å². The minimum Gasteiger partial charge on any atom is -0.370 e. The Morgan fingerprint density at radius 2 is 2.21 bits per heavy atom. The Balaban J connectivity index is 2.15. The Labute approximate surface area is 119 Å². The largest absolute Gasteiger partial charge is 0.370 e. The molecule has 1 saturated heterocycles. The summed E-state index contributed by atoms with van der Waals surface area (Å²) in [5.41, 5.74) is 0.544. The number of nitrogens with one attached hydrogen (secondary N) is 1. The Kier molecular flexibility index (Phi) is 4.64. The van der Waals surface area contributed by atoms with Crippen LogP contribution >= 0.6 is 11.6 Å². The highest BCUT2D eigenvalue weighted by Gasteiger charge is 2.23. The van der Waals surface area contributed by atoms with Crippen molar-refractivity contribution in [2.45, 2.75) is 26.7 Å². The lowest BCUT2D eigenvalue weighted by Gasteiger charge is -2.30. The quantitative estimate of drug-likeness (QED) is 0.926. The van der Waals surface area contributed by atoms with Gasteiger partial charge in [-0.2, -0.15) is 0 Å². The fraction of sp³-hybridized carbons (Fsp3) is 0.571. The second-order valence-electron chi connectivity index (χ2n) is 5.05. The van der Waals surface area contributed by atoms with Crippen LogP contribution in [0.3, 0.4) is 0 Å². The summed E-state index contributed by atoms with van der Waals surface area (Å²) in [6.45, 7) is 6.61. The average Bonchev–Trinajstić information content (AvgIpc) is 2.41. The molecule has 1 aromatic heterocycles. The number of likely N-dealkylation sites (tertiary alicyclic amines) is 1. The number of rotatable bonds is 3. The van der Waals surface area contributed by atoms with Crippen LogP contribution in [0.1, 0.15) is 37.0 Å². The molecule has 1 aliphatic heterocycles. The maximum atomic E-state index is 12.5. The van der Waals surface area contributed by atoms with Gasteiger partial charge in [-0.25, -0.2) is 4.98 Å². The van der Waals surface area contributed by atoms with Gasteiger partial charge in [-0.3, -0.25) is 4.79 Å². The molecule has 0 aromatic carbocycles. The summed E-state index contributed by atoms with van der Waals surface area (Å²) in [6, 6.07) is 1.74. The van der Waals surface area contributed by atoms with Gasteiger partial charge in [0.25, 0.3) is 5.91 Å². The molecule has 0 spiro atoms. The van der Waals surface area contributed by atoms with Gasteiger partial charge in [0.2, 0.25) is 0 Å². The van der Waals surface area contributed by atoms with Gasteiger partial charge in [-0.05, 0) is 31.7 Å². The van der Waals surface area contributed by atoms with Gasteiger partial charge >= 0.3 is 0 Å². The highest BCUT2D eigenvalue weighted by molar-refractivity contribution is 6.33. The summed E-state index contributed by atoms with van der Waals surface area (Å²) in [4.78, 5) is 18.5. The molecule has 0 aliphatic carbocycles. The number of amides is 1. The average molecular weight is 282 g/mol. The summed E-state index contributed by atoms with van der Waals surface area (Å²) in [7, 11) is 0. The molecule has 2 heterocycles. The lowest BCUT2D eigenvalue weighted by Crippen LogP contribution is -2.38. The van der Waals surface area contributed by atoms with Crippen molar-refractivity contribution in [1.82, 2.24) is 9.88 Å². The van der Waals surface area contributed by atoms with E-state index in [4.69, 9.17) is 11.6 Å². The maximum absolute atomic E-state index is 12.5. The zero-order valence-electron chi connectivity index (χ0n) is 11.4. The molecular weight excluding hydrogens is 262 g/mol. The van der Waals surface area contributed by atoms with Crippen LogP contribution in [0.4, 0.5) is 5.82 Å². The van der Waals surface area contributed by atoms with Gasteiger partial charge in [-0.15, -0.1) is 0 Å². The van der Waals surface area contributed by atoms with Gasteiger partial charge in [0.1, 0.15) is 5.82 Å². The number of pyridine rings is 1. The number of piperidine rings is 1. The second kappa shape index (κ2) is 6.24. The summed E-state index contributed by atoms with van der Waals surface area (Å²) in [5, 5.41) is 3.52. The molecule has 0 unspecified atom stereocenters. The van der Waals surface area contributed by atoms with Gasteiger partial charge in [0.15, 0.2) is 0 Å². The summed E-state index contributed by atoms with van der Waals surface area (Å²) in [6.07, 6.45) is 3.67. The monoisotopic (exact) mass is 281 g/mol. The summed E-state index contributed by atoms with van der Waals surface area (Å²) >= 11 is 6.10. The fourth-order valence-corrected chi connectivity index (χ4v) is 2.45. The lowest BCUT2D eigenvalue weighted by molar-refractivity contribution is 0.0697. The maximum Gasteiger partial charge on any atom is 0.255 e. The number of aromatic nitrogens is 1. The third-order valence-corrected chi connectivity index (χ3v) is 3.82. The van der Waals surface area contributed by atoms with Crippen LogP contribution in [0.15, 0.2) is 12.3 Å². The van der Waals surface area contributed by atoms with Crippen LogP contribution < -0.4 is 5.32 Å². The van der Waals surface area contributed by atoms with E-state index in [-0.39, 0.29) is 5.91 Å². The van der Waals surface area contributed by atoms with E-state index >= 15 is 0 Å². The Hall–Kier alpha value is -1.29. The van der Waals surface area contributed by atoms with Crippen molar-refractivity contribution in [3.63, 3.8) is 0 Å². The van der Waals surface area contributed by atoms with Gasteiger partial charge in [0.05, 0.1) is 10.6 Å². The Morgan fingerprint density at radius 3 is 2.84 bits per heavy atom. The highest BCUT2D eigenvalue weighted by Crippen LogP contribution is 2.23. The van der Waals surface area contributed by atoms with Crippen LogP contribution in [0.5, 0.6) is 0 Å². The molecule has 1 amide bonds. The van der Waals surface area contributed by atoms with Gasteiger partial charge in [0, 0.05) is 25.8 Å². The van der Waals surface area contributed by atoms with Crippen molar-refractivity contribution < 1.29 is 4.79 Å². The zero-order valence-corrected chi connectivity index (χ0v) is 12.2. The first-order valence-corrected chi connectivity index (χ1v) is 7.18. The smallest absolute Gasteiger partial charge is 0.255 e. The molecule has 5 heteroatoms. The summed E-state index contributed by atoms with van der Waals surface area (Å²) in [5.74, 6) is 1.41. The molecule has 4 nitrogen and oxygen atoms in total. The molecule has 1 fully saturated rings. The molecule has 104 valence electrons. The van der Waals surface area contributed by atoms with E-state index in [1.54, 1.807) is 12.3 Å². The standard InChI is InChI=1S/C14H20ClN3O/c1-3-16-13-8-11(12(15)9-17-13)14(19)18-6-4-10(2)5-7-18/h8-10H,3-7H2,1-2H3,(H,16,17). The van der Waals surface area contributed by atoms with Crippen LogP contribution in [-0.2, 0) is 0 Å². The molecule has 0 saturated carbocycles. The minimum atomic E-state index is 0.0125. The molecule has 0 atom stereocenters. The first-order chi connectivity index (χ1) is 9.11. The van der Waals surface area contributed by atoms with Gasteiger partial charge in [-0.1, -0.05) is 18.5 Å². The van der Waals surface area contributed by atoms with E-state index in [0.29, 0.717) is 22.3 Å². The fourth-order valence-electron chi connectivity index (χ4n) is 2.26. The minimum absolute atomic E-state index is 0.0125. The molecule has 1 aliphatic rings. The Bertz CT molecular complexity index is 456. The van der Waals surface area contributed by atoms with E-state index in [1.807, 2.05) is 11.8 Å². The number of carbonyl (C=O) groups excluding carboxylic acids is 1. The van der Waals surface area contributed by atoms with E-state index in [9.17, 15) is 4.79 Å². The summed E-state index contributed by atoms with van der Waals surface area (Å²) < 4.78 is 0. The molecule has 0 bridgehead atoms. The van der Waals surface area contributed by atoms with E-state index < -0.39 is 0 Å². The number of carbonyl (C=O) groups is 1. The normalized spacial score (nSPS) is 16.5. The first-order valence-electron chi connectivity index (χ1n) is 6.80. The van der Waals surface area contributed by atoms with Crippen LogP contribution in [-0.4, -0.2) is 35.4 Å². The van der Waals surface area contributed by atoms with Crippen molar-refractivity contribution in [1.29, 1.82) is 0 Å². The van der Waals surface area contributed by atoms with Crippen molar-refractivity contribution in [2.24, 2.45) is 5.92 Å². The van der Waals surface area contributed by atoms with Gasteiger partial charge < -0.3 is 10.2 Å². The molecule has 0 radical (unpaired) electrons. The third-order valence-electron chi connectivity index (χ3n) is 3.51. The van der Waals surface area contributed by atoms with E-state index in [2.05, 4.69) is 17.2 Å². The number of hydrogen-bond donors (Lipinski definition) is 1. The molecule has 1 N–H and O–H groups in total. The Morgan fingerprint density at radius 1 is 1.53 bits per heavy atom. The van der Waals surface area contributed by atoms with Crippen LogP contribution in [0, 0.1) is 5.92 Å². The predicted molar refractivity (Wildman–Crippen MR) is 77.7 cm³/mol. The molecule has 19 heavy (non-hydrogen) atoms. The van der Waals surface area contributed by atoms with Crippen LogP contribution in [0.25, 0.3) is 0 Å². The predicted octanol–water partition coefficient (Wildman–Crippen LogP) is 3.04. The number of halogens is 1. The molecule has 2 rings (SSSR count). The van der Waals surface area contributed by atoms with Crippen molar-refractivity contribution in [2.75, 3.05) is 25.0 Å². The number of nitrogens with zero attached hydrogens (tertiary/aromatic N) is 2. The van der Waals surface area contributed by atoms with Crippen molar-refractivity contribution in [3.8, 4) is 0 Å². The SMILES string of the molecule is CCNc1cc(C(=O)N2CCC(C)CC2)c(Cl)cn1. The molecular formula is C14H20ClN3O. The first kappa shape index (κ1) is 14.1. The zero-order chi connectivity index (χ0) is 13.8.